The van der Waals surface area contributed by atoms with Gasteiger partial charge in [0.25, 0.3) is 11.8 Å². The fourth-order valence-electron chi connectivity index (χ4n) is 3.49. The highest BCUT2D eigenvalue weighted by Crippen LogP contribution is 2.26. The summed E-state index contributed by atoms with van der Waals surface area (Å²) in [6, 6.07) is 10.9. The number of hydrogen-bond acceptors (Lipinski definition) is 4. The average molecular weight is 378 g/mol. The van der Waals surface area contributed by atoms with E-state index in [0.717, 1.165) is 11.4 Å². The van der Waals surface area contributed by atoms with Crippen molar-refractivity contribution in [1.29, 1.82) is 0 Å². The lowest BCUT2D eigenvalue weighted by molar-refractivity contribution is 0.0637. The number of aryl methyl sites for hydroxylation is 1. The van der Waals surface area contributed by atoms with Gasteiger partial charge in [-0.3, -0.25) is 9.59 Å². The van der Waals surface area contributed by atoms with E-state index in [1.807, 2.05) is 47.6 Å². The Morgan fingerprint density at radius 2 is 2.11 bits per heavy atom. The molecule has 3 heterocycles. The summed E-state index contributed by atoms with van der Waals surface area (Å²) in [5.41, 5.74) is 2.06. The van der Waals surface area contributed by atoms with Crippen LogP contribution in [0.2, 0.25) is 0 Å². The van der Waals surface area contributed by atoms with Crippen LogP contribution in [0.15, 0.2) is 53.3 Å². The van der Waals surface area contributed by atoms with E-state index in [1.54, 1.807) is 24.6 Å². The Morgan fingerprint density at radius 3 is 2.86 bits per heavy atom. The number of furan rings is 1. The molecule has 1 aliphatic heterocycles. The number of aromatic nitrogens is 2. The second-order valence-electron chi connectivity index (χ2n) is 6.98. The summed E-state index contributed by atoms with van der Waals surface area (Å²) in [5, 5.41) is 2.80. The molecule has 1 aliphatic rings. The molecule has 4 rings (SSSR count). The number of amides is 2. The summed E-state index contributed by atoms with van der Waals surface area (Å²) in [4.78, 5) is 31.7. The third-order valence-electron chi connectivity index (χ3n) is 4.99. The average Bonchev–Trinajstić information content (AvgIpc) is 3.36. The number of benzene rings is 1. The number of carbonyl (C=O) groups is 2. The third kappa shape index (κ3) is 3.43. The highest BCUT2D eigenvalue weighted by molar-refractivity contribution is 5.95. The van der Waals surface area contributed by atoms with Crippen molar-refractivity contribution >= 4 is 11.8 Å². The fourth-order valence-corrected chi connectivity index (χ4v) is 3.49. The molecule has 28 heavy (non-hydrogen) atoms. The Morgan fingerprint density at radius 1 is 1.25 bits per heavy atom. The van der Waals surface area contributed by atoms with Crippen molar-refractivity contribution in [2.24, 2.45) is 0 Å². The zero-order valence-corrected chi connectivity index (χ0v) is 15.9. The summed E-state index contributed by atoms with van der Waals surface area (Å²) in [6.07, 6.45) is 3.32. The zero-order valence-electron chi connectivity index (χ0n) is 15.9. The second-order valence-corrected chi connectivity index (χ2v) is 6.98. The Labute approximate surface area is 163 Å². The van der Waals surface area contributed by atoms with Crippen LogP contribution in [-0.4, -0.2) is 32.8 Å². The minimum absolute atomic E-state index is 0.0192. The lowest BCUT2D eigenvalue weighted by Gasteiger charge is -2.33. The molecular weight excluding hydrogens is 356 g/mol. The lowest BCUT2D eigenvalue weighted by Crippen LogP contribution is -2.41. The van der Waals surface area contributed by atoms with Crippen LogP contribution in [0.5, 0.6) is 0 Å². The predicted octanol–water partition coefficient (Wildman–Crippen LogP) is 2.93. The first-order chi connectivity index (χ1) is 13.5. The van der Waals surface area contributed by atoms with Crippen LogP contribution in [-0.2, 0) is 13.1 Å². The molecule has 7 nitrogen and oxygen atoms in total. The van der Waals surface area contributed by atoms with E-state index in [4.69, 9.17) is 4.42 Å². The quantitative estimate of drug-likeness (QED) is 0.757. The van der Waals surface area contributed by atoms with E-state index in [1.165, 1.54) is 0 Å². The molecule has 0 saturated heterocycles. The van der Waals surface area contributed by atoms with Crippen molar-refractivity contribution in [2.45, 2.75) is 33.0 Å². The van der Waals surface area contributed by atoms with E-state index in [0.29, 0.717) is 36.7 Å². The number of rotatable bonds is 4. The van der Waals surface area contributed by atoms with E-state index in [9.17, 15) is 9.59 Å². The Balaban J connectivity index is 1.49. The molecule has 0 spiro atoms. The highest BCUT2D eigenvalue weighted by Gasteiger charge is 2.31. The van der Waals surface area contributed by atoms with Gasteiger partial charge in [-0.15, -0.1) is 0 Å². The Hall–Kier alpha value is -3.35. The number of nitrogens with one attached hydrogen (secondary N) is 1. The molecule has 0 saturated carbocycles. The lowest BCUT2D eigenvalue weighted by atomic mass is 10.1. The maximum absolute atomic E-state index is 12.9. The molecule has 144 valence electrons. The van der Waals surface area contributed by atoms with Crippen LogP contribution >= 0.6 is 0 Å². The highest BCUT2D eigenvalue weighted by atomic mass is 16.3. The van der Waals surface area contributed by atoms with Crippen LogP contribution in [0.3, 0.4) is 0 Å². The van der Waals surface area contributed by atoms with Crippen molar-refractivity contribution in [3.63, 3.8) is 0 Å². The topological polar surface area (TPSA) is 80.4 Å². The van der Waals surface area contributed by atoms with Gasteiger partial charge in [0.2, 0.25) is 0 Å². The molecule has 1 N–H and O–H groups in total. The van der Waals surface area contributed by atoms with Gasteiger partial charge >= 0.3 is 0 Å². The van der Waals surface area contributed by atoms with Crippen LogP contribution < -0.4 is 5.32 Å². The summed E-state index contributed by atoms with van der Waals surface area (Å²) >= 11 is 0. The molecule has 0 radical (unpaired) electrons. The van der Waals surface area contributed by atoms with Gasteiger partial charge in [0.1, 0.15) is 17.3 Å². The van der Waals surface area contributed by atoms with Crippen LogP contribution in [0.4, 0.5) is 0 Å². The molecular formula is C21H22N4O3. The van der Waals surface area contributed by atoms with E-state index in [-0.39, 0.29) is 17.9 Å². The van der Waals surface area contributed by atoms with Gasteiger partial charge in [0.05, 0.1) is 18.8 Å². The summed E-state index contributed by atoms with van der Waals surface area (Å²) in [6.45, 7) is 5.40. The smallest absolute Gasteiger partial charge is 0.271 e. The van der Waals surface area contributed by atoms with E-state index >= 15 is 0 Å². The summed E-state index contributed by atoms with van der Waals surface area (Å²) < 4.78 is 7.18. The molecule has 7 heteroatoms. The third-order valence-corrected chi connectivity index (χ3v) is 4.99. The van der Waals surface area contributed by atoms with E-state index < -0.39 is 0 Å². The first kappa shape index (κ1) is 18.0. The predicted molar refractivity (Wildman–Crippen MR) is 103 cm³/mol. The second kappa shape index (κ2) is 7.34. The van der Waals surface area contributed by atoms with Crippen LogP contribution in [0.1, 0.15) is 51.0 Å². The largest absolute Gasteiger partial charge is 0.467 e. The Bertz CT molecular complexity index is 1010. The van der Waals surface area contributed by atoms with Crippen LogP contribution in [0.25, 0.3) is 0 Å². The number of nitrogens with zero attached hydrogens (tertiary/aromatic N) is 3. The Kier molecular flexibility index (Phi) is 4.73. The minimum atomic E-state index is -0.262. The number of hydrogen-bond donors (Lipinski definition) is 1. The SMILES string of the molecule is Cc1cccc(C(=O)N2CCn3cc(C(=O)NCc4ccco4)nc3C2C)c1. The number of imidazole rings is 1. The van der Waals surface area contributed by atoms with Crippen LogP contribution in [0, 0.1) is 6.92 Å². The van der Waals surface area contributed by atoms with Gasteiger partial charge in [-0.25, -0.2) is 4.98 Å². The van der Waals surface area contributed by atoms with Crippen molar-refractivity contribution in [3.05, 3.63) is 77.3 Å². The van der Waals surface area contributed by atoms with Gasteiger partial charge in [-0.05, 0) is 38.1 Å². The summed E-state index contributed by atoms with van der Waals surface area (Å²) in [5.74, 6) is 1.12. The molecule has 0 fully saturated rings. The zero-order chi connectivity index (χ0) is 19.7. The maximum Gasteiger partial charge on any atom is 0.271 e. The van der Waals surface area contributed by atoms with Gasteiger partial charge in [0.15, 0.2) is 0 Å². The molecule has 2 aromatic heterocycles. The standard InChI is InChI=1S/C21H22N4O3/c1-14-5-3-6-16(11-14)21(27)25-9-8-24-13-18(23-19(24)15(25)2)20(26)22-12-17-7-4-10-28-17/h3-7,10-11,13,15H,8-9,12H2,1-2H3,(H,22,26). The molecule has 1 aromatic carbocycles. The maximum atomic E-state index is 12.9. The van der Waals surface area contributed by atoms with Crippen molar-refractivity contribution < 1.29 is 14.0 Å². The molecule has 1 atom stereocenters. The van der Waals surface area contributed by atoms with Gasteiger partial charge in [0, 0.05) is 24.8 Å². The van der Waals surface area contributed by atoms with Crippen molar-refractivity contribution in [3.8, 4) is 0 Å². The normalized spacial score (nSPS) is 15.9. The van der Waals surface area contributed by atoms with Crippen molar-refractivity contribution in [1.82, 2.24) is 19.8 Å². The fraction of sp³-hybridized carbons (Fsp3) is 0.286. The van der Waals surface area contributed by atoms with Crippen molar-refractivity contribution in [2.75, 3.05) is 6.54 Å². The molecule has 2 amide bonds. The molecule has 3 aromatic rings. The summed E-state index contributed by atoms with van der Waals surface area (Å²) in [7, 11) is 0. The molecule has 0 bridgehead atoms. The monoisotopic (exact) mass is 378 g/mol. The van der Waals surface area contributed by atoms with Gasteiger partial charge in [-0.2, -0.15) is 0 Å². The van der Waals surface area contributed by atoms with E-state index in [2.05, 4.69) is 10.3 Å². The first-order valence-electron chi connectivity index (χ1n) is 9.28. The minimum Gasteiger partial charge on any atom is -0.467 e. The number of fused-ring (bicyclic) bond motifs is 1. The van der Waals surface area contributed by atoms with Gasteiger partial charge < -0.3 is 19.2 Å². The van der Waals surface area contributed by atoms with Gasteiger partial charge in [-0.1, -0.05) is 17.7 Å². The first-order valence-corrected chi connectivity index (χ1v) is 9.28. The number of carbonyl (C=O) groups excluding carboxylic acids is 2. The molecule has 0 aliphatic carbocycles. The molecule has 1 unspecified atom stereocenters.